The van der Waals surface area contributed by atoms with Crippen molar-refractivity contribution in [3.05, 3.63) is 35.4 Å². The standard InChI is InChI=1S/C16H22F3N3O2/c17-16(18,19)13-3-1-12(2-4-13)14(11-21-15(23)5-6-20)22-7-9-24-10-8-22/h1-4,14H,5-11,20H2,(H,21,23). The Bertz CT molecular complexity index is 528. The van der Waals surface area contributed by atoms with Gasteiger partial charge in [0.2, 0.25) is 5.91 Å². The average molecular weight is 345 g/mol. The van der Waals surface area contributed by atoms with Crippen LogP contribution < -0.4 is 11.1 Å². The molecule has 0 saturated carbocycles. The maximum atomic E-state index is 12.7. The molecular weight excluding hydrogens is 323 g/mol. The predicted octanol–water partition coefficient (Wildman–Crippen LogP) is 1.54. The van der Waals surface area contributed by atoms with Crippen molar-refractivity contribution < 1.29 is 22.7 Å². The van der Waals surface area contributed by atoms with Crippen LogP contribution in [-0.4, -0.2) is 50.2 Å². The van der Waals surface area contributed by atoms with Gasteiger partial charge in [0.25, 0.3) is 0 Å². The first kappa shape index (κ1) is 18.7. The first-order valence-corrected chi connectivity index (χ1v) is 7.87. The first-order chi connectivity index (χ1) is 11.4. The van der Waals surface area contributed by atoms with Crippen LogP contribution in [0.25, 0.3) is 0 Å². The van der Waals surface area contributed by atoms with Crippen LogP contribution in [0.2, 0.25) is 0 Å². The van der Waals surface area contributed by atoms with E-state index in [2.05, 4.69) is 10.2 Å². The molecule has 0 spiro atoms. The highest BCUT2D eigenvalue weighted by molar-refractivity contribution is 5.76. The molecule has 0 radical (unpaired) electrons. The lowest BCUT2D eigenvalue weighted by Crippen LogP contribution is -2.44. The molecule has 1 heterocycles. The Hall–Kier alpha value is -1.64. The van der Waals surface area contributed by atoms with Gasteiger partial charge in [-0.05, 0) is 17.7 Å². The van der Waals surface area contributed by atoms with Crippen molar-refractivity contribution >= 4 is 5.91 Å². The van der Waals surface area contributed by atoms with Gasteiger partial charge in [-0.25, -0.2) is 0 Å². The van der Waals surface area contributed by atoms with Crippen molar-refractivity contribution in [2.24, 2.45) is 5.73 Å². The number of carbonyl (C=O) groups is 1. The second-order valence-electron chi connectivity index (χ2n) is 5.63. The summed E-state index contributed by atoms with van der Waals surface area (Å²) in [5.41, 5.74) is 5.41. The van der Waals surface area contributed by atoms with Gasteiger partial charge in [-0.3, -0.25) is 9.69 Å². The van der Waals surface area contributed by atoms with E-state index in [-0.39, 0.29) is 24.9 Å². The smallest absolute Gasteiger partial charge is 0.379 e. The zero-order valence-electron chi connectivity index (χ0n) is 13.3. The minimum Gasteiger partial charge on any atom is -0.379 e. The number of carbonyl (C=O) groups excluding carboxylic acids is 1. The van der Waals surface area contributed by atoms with E-state index in [1.54, 1.807) is 0 Å². The molecule has 24 heavy (non-hydrogen) atoms. The number of nitrogens with two attached hydrogens (primary N) is 1. The van der Waals surface area contributed by atoms with Crippen LogP contribution in [0.5, 0.6) is 0 Å². The third-order valence-corrected chi connectivity index (χ3v) is 3.97. The molecule has 1 atom stereocenters. The summed E-state index contributed by atoms with van der Waals surface area (Å²) >= 11 is 0. The Morgan fingerprint density at radius 2 is 1.88 bits per heavy atom. The van der Waals surface area contributed by atoms with Gasteiger partial charge >= 0.3 is 6.18 Å². The fourth-order valence-corrected chi connectivity index (χ4v) is 2.67. The minimum absolute atomic E-state index is 0.164. The Labute approximate surface area is 138 Å². The maximum absolute atomic E-state index is 12.7. The molecule has 0 aromatic heterocycles. The quantitative estimate of drug-likeness (QED) is 0.821. The number of nitrogens with zero attached hydrogens (tertiary/aromatic N) is 1. The number of ether oxygens (including phenoxy) is 1. The molecular formula is C16H22F3N3O2. The fourth-order valence-electron chi connectivity index (χ4n) is 2.67. The third-order valence-electron chi connectivity index (χ3n) is 3.97. The second-order valence-corrected chi connectivity index (χ2v) is 5.63. The van der Waals surface area contributed by atoms with E-state index in [1.807, 2.05) is 0 Å². The summed E-state index contributed by atoms with van der Waals surface area (Å²) in [4.78, 5) is 13.8. The van der Waals surface area contributed by atoms with Crippen LogP contribution >= 0.6 is 0 Å². The summed E-state index contributed by atoms with van der Waals surface area (Å²) < 4.78 is 43.5. The molecule has 2 rings (SSSR count). The molecule has 1 aromatic rings. The van der Waals surface area contributed by atoms with Gasteiger partial charge in [0, 0.05) is 32.6 Å². The highest BCUT2D eigenvalue weighted by Crippen LogP contribution is 2.31. The molecule has 1 unspecified atom stereocenters. The minimum atomic E-state index is -4.36. The summed E-state index contributed by atoms with van der Waals surface area (Å²) in [6, 6.07) is 4.89. The van der Waals surface area contributed by atoms with Crippen molar-refractivity contribution in [2.75, 3.05) is 39.4 Å². The third kappa shape index (κ3) is 5.19. The summed E-state index contributed by atoms with van der Waals surface area (Å²) in [6.45, 7) is 3.04. The van der Waals surface area contributed by atoms with Gasteiger partial charge in [-0.1, -0.05) is 12.1 Å². The largest absolute Gasteiger partial charge is 0.416 e. The van der Waals surface area contributed by atoms with Gasteiger partial charge in [-0.2, -0.15) is 13.2 Å². The SMILES string of the molecule is NCCC(=O)NCC(c1ccc(C(F)(F)F)cc1)N1CCOCC1. The zero-order valence-corrected chi connectivity index (χ0v) is 13.3. The van der Waals surface area contributed by atoms with Crippen molar-refractivity contribution in [1.82, 2.24) is 10.2 Å². The number of nitrogens with one attached hydrogen (secondary N) is 1. The van der Waals surface area contributed by atoms with E-state index < -0.39 is 11.7 Å². The van der Waals surface area contributed by atoms with Gasteiger partial charge in [0.05, 0.1) is 24.8 Å². The highest BCUT2D eigenvalue weighted by atomic mass is 19.4. The van der Waals surface area contributed by atoms with Crippen LogP contribution in [0.3, 0.4) is 0 Å². The Balaban J connectivity index is 2.13. The van der Waals surface area contributed by atoms with Gasteiger partial charge < -0.3 is 15.8 Å². The van der Waals surface area contributed by atoms with Crippen LogP contribution in [0.15, 0.2) is 24.3 Å². The zero-order chi connectivity index (χ0) is 17.6. The fraction of sp³-hybridized carbons (Fsp3) is 0.562. The number of hydrogen-bond donors (Lipinski definition) is 2. The Morgan fingerprint density at radius 3 is 2.42 bits per heavy atom. The second kappa shape index (κ2) is 8.46. The number of amides is 1. The average Bonchev–Trinajstić information content (AvgIpc) is 2.56. The molecule has 1 fully saturated rings. The molecule has 1 saturated heterocycles. The van der Waals surface area contributed by atoms with Crippen LogP contribution in [-0.2, 0) is 15.7 Å². The maximum Gasteiger partial charge on any atom is 0.416 e. The van der Waals surface area contributed by atoms with Crippen LogP contribution in [0.4, 0.5) is 13.2 Å². The summed E-state index contributed by atoms with van der Waals surface area (Å²) in [5.74, 6) is -0.164. The number of hydrogen-bond acceptors (Lipinski definition) is 4. The van der Waals surface area contributed by atoms with E-state index >= 15 is 0 Å². The number of rotatable bonds is 6. The van der Waals surface area contributed by atoms with Crippen molar-refractivity contribution in [3.8, 4) is 0 Å². The Kier molecular flexibility index (Phi) is 6.59. The molecule has 5 nitrogen and oxygen atoms in total. The molecule has 1 aromatic carbocycles. The summed E-state index contributed by atoms with van der Waals surface area (Å²) in [7, 11) is 0. The monoisotopic (exact) mass is 345 g/mol. The highest BCUT2D eigenvalue weighted by Gasteiger charge is 2.31. The van der Waals surface area contributed by atoms with Gasteiger partial charge in [0.15, 0.2) is 0 Å². The molecule has 8 heteroatoms. The molecule has 1 aliphatic heterocycles. The van der Waals surface area contributed by atoms with E-state index in [0.717, 1.165) is 17.7 Å². The lowest BCUT2D eigenvalue weighted by molar-refractivity contribution is -0.137. The van der Waals surface area contributed by atoms with E-state index in [9.17, 15) is 18.0 Å². The first-order valence-electron chi connectivity index (χ1n) is 7.87. The summed E-state index contributed by atoms with van der Waals surface area (Å²) in [5, 5.41) is 2.80. The predicted molar refractivity (Wildman–Crippen MR) is 83.3 cm³/mol. The topological polar surface area (TPSA) is 67.6 Å². The molecule has 1 aliphatic rings. The number of halogens is 3. The van der Waals surface area contributed by atoms with E-state index in [0.29, 0.717) is 32.8 Å². The van der Waals surface area contributed by atoms with Gasteiger partial charge in [-0.15, -0.1) is 0 Å². The lowest BCUT2D eigenvalue weighted by atomic mass is 10.0. The summed E-state index contributed by atoms with van der Waals surface area (Å²) in [6.07, 6.45) is -4.13. The normalized spacial score (nSPS) is 17.5. The lowest BCUT2D eigenvalue weighted by Gasteiger charge is -2.35. The number of morpholine rings is 1. The van der Waals surface area contributed by atoms with Crippen LogP contribution in [0.1, 0.15) is 23.6 Å². The van der Waals surface area contributed by atoms with E-state index in [4.69, 9.17) is 10.5 Å². The van der Waals surface area contributed by atoms with Crippen molar-refractivity contribution in [1.29, 1.82) is 0 Å². The molecule has 134 valence electrons. The number of benzene rings is 1. The molecule has 0 bridgehead atoms. The Morgan fingerprint density at radius 1 is 1.25 bits per heavy atom. The van der Waals surface area contributed by atoms with E-state index in [1.165, 1.54) is 12.1 Å². The van der Waals surface area contributed by atoms with Crippen molar-refractivity contribution in [3.63, 3.8) is 0 Å². The molecule has 0 aliphatic carbocycles. The molecule has 1 amide bonds. The van der Waals surface area contributed by atoms with Crippen molar-refractivity contribution in [2.45, 2.75) is 18.6 Å². The van der Waals surface area contributed by atoms with Gasteiger partial charge in [0.1, 0.15) is 0 Å². The molecule has 3 N–H and O–H groups in total. The van der Waals surface area contributed by atoms with Crippen LogP contribution in [0, 0.1) is 0 Å². The number of alkyl halides is 3.